The lowest BCUT2D eigenvalue weighted by Crippen LogP contribution is -2.31. The van der Waals surface area contributed by atoms with E-state index in [0.29, 0.717) is 15.6 Å². The molecule has 1 saturated carbocycles. The summed E-state index contributed by atoms with van der Waals surface area (Å²) in [7, 11) is 1.57. The molecular weight excluding hydrogens is 318 g/mol. The van der Waals surface area contributed by atoms with Gasteiger partial charge >= 0.3 is 0 Å². The van der Waals surface area contributed by atoms with Gasteiger partial charge < -0.3 is 15.2 Å². The van der Waals surface area contributed by atoms with E-state index in [-0.39, 0.29) is 5.75 Å². The summed E-state index contributed by atoms with van der Waals surface area (Å²) in [6.07, 6.45) is 6.68. The van der Waals surface area contributed by atoms with E-state index in [1.807, 2.05) is 12.1 Å². The van der Waals surface area contributed by atoms with Crippen molar-refractivity contribution in [2.24, 2.45) is 5.41 Å². The number of benzene rings is 1. The molecule has 1 aliphatic rings. The van der Waals surface area contributed by atoms with Crippen LogP contribution < -0.4 is 10.1 Å². The molecule has 0 aromatic heterocycles. The summed E-state index contributed by atoms with van der Waals surface area (Å²) in [4.78, 5) is 0. The number of methoxy groups -OCH3 is 1. The number of phenolic OH excluding ortho intramolecular Hbond substituents is 1. The lowest BCUT2D eigenvalue weighted by Gasteiger charge is -2.27. The van der Waals surface area contributed by atoms with Crippen molar-refractivity contribution in [3.8, 4) is 11.5 Å². The molecule has 1 aromatic carbocycles. The van der Waals surface area contributed by atoms with Crippen LogP contribution in [0, 0.1) is 5.41 Å². The quantitative estimate of drug-likeness (QED) is 0.813. The molecule has 0 bridgehead atoms. The fraction of sp³-hybridized carbons (Fsp3) is 0.625. The zero-order valence-electron chi connectivity index (χ0n) is 12.3. The van der Waals surface area contributed by atoms with Gasteiger partial charge in [-0.3, -0.25) is 0 Å². The molecule has 0 radical (unpaired) electrons. The zero-order valence-corrected chi connectivity index (χ0v) is 13.9. The number of hydrogen-bond donors (Lipinski definition) is 2. The summed E-state index contributed by atoms with van der Waals surface area (Å²) in [5, 5.41) is 13.4. The molecular formula is C16H24BrNO2. The first kappa shape index (κ1) is 15.6. The van der Waals surface area contributed by atoms with E-state index in [0.717, 1.165) is 18.7 Å². The van der Waals surface area contributed by atoms with Crippen LogP contribution in [0.3, 0.4) is 0 Å². The number of nitrogens with one attached hydrogen (secondary N) is 1. The van der Waals surface area contributed by atoms with Gasteiger partial charge in [-0.05, 0) is 58.3 Å². The summed E-state index contributed by atoms with van der Waals surface area (Å²) in [5.41, 5.74) is 1.62. The molecule has 2 rings (SSSR count). The van der Waals surface area contributed by atoms with Crippen LogP contribution in [0.4, 0.5) is 0 Å². The second-order valence-electron chi connectivity index (χ2n) is 5.79. The smallest absolute Gasteiger partial charge is 0.172 e. The van der Waals surface area contributed by atoms with Gasteiger partial charge in [-0.15, -0.1) is 0 Å². The number of phenols is 1. The Kier molecular flexibility index (Phi) is 5.33. The molecule has 4 heteroatoms. The molecule has 3 nitrogen and oxygen atoms in total. The molecule has 1 aliphatic carbocycles. The van der Waals surface area contributed by atoms with Gasteiger partial charge in [0.2, 0.25) is 0 Å². The van der Waals surface area contributed by atoms with Crippen LogP contribution in [-0.2, 0) is 6.54 Å². The number of hydrogen-bond acceptors (Lipinski definition) is 3. The van der Waals surface area contributed by atoms with Gasteiger partial charge in [-0.25, -0.2) is 0 Å². The third-order valence-corrected chi connectivity index (χ3v) is 5.16. The molecule has 0 aliphatic heterocycles. The Bertz CT molecular complexity index is 456. The summed E-state index contributed by atoms with van der Waals surface area (Å²) in [6.45, 7) is 4.18. The van der Waals surface area contributed by atoms with Crippen LogP contribution >= 0.6 is 15.9 Å². The third kappa shape index (κ3) is 3.47. The van der Waals surface area contributed by atoms with Gasteiger partial charge in [0.1, 0.15) is 0 Å². The van der Waals surface area contributed by atoms with Crippen molar-refractivity contribution in [1.82, 2.24) is 5.32 Å². The van der Waals surface area contributed by atoms with Gasteiger partial charge in [0, 0.05) is 13.1 Å². The van der Waals surface area contributed by atoms with E-state index in [4.69, 9.17) is 4.74 Å². The van der Waals surface area contributed by atoms with Gasteiger partial charge in [0.15, 0.2) is 11.5 Å². The third-order valence-electron chi connectivity index (χ3n) is 4.55. The molecule has 1 aromatic rings. The highest BCUT2D eigenvalue weighted by Gasteiger charge is 2.31. The fourth-order valence-corrected chi connectivity index (χ4v) is 3.63. The van der Waals surface area contributed by atoms with E-state index >= 15 is 0 Å². The maximum atomic E-state index is 9.81. The Hall–Kier alpha value is -0.740. The van der Waals surface area contributed by atoms with Crippen LogP contribution in [0.2, 0.25) is 0 Å². The average molecular weight is 342 g/mol. The molecule has 1 fully saturated rings. The van der Waals surface area contributed by atoms with Crippen LogP contribution in [0.25, 0.3) is 0 Å². The van der Waals surface area contributed by atoms with Gasteiger partial charge in [-0.2, -0.15) is 0 Å². The Morgan fingerprint density at radius 3 is 2.65 bits per heavy atom. The SMILES string of the molecule is CCC1(CNCc2cc(Br)c(O)c(OC)c2)CCCC1. The molecule has 20 heavy (non-hydrogen) atoms. The maximum absolute atomic E-state index is 9.81. The van der Waals surface area contributed by atoms with E-state index < -0.39 is 0 Å². The highest BCUT2D eigenvalue weighted by molar-refractivity contribution is 9.10. The van der Waals surface area contributed by atoms with Crippen molar-refractivity contribution >= 4 is 15.9 Å². The average Bonchev–Trinajstić information content (AvgIpc) is 2.92. The summed E-state index contributed by atoms with van der Waals surface area (Å²) in [6, 6.07) is 3.83. The number of aromatic hydroxyl groups is 1. The minimum atomic E-state index is 0.164. The van der Waals surface area contributed by atoms with Gasteiger partial charge in [-0.1, -0.05) is 19.8 Å². The number of halogens is 1. The Morgan fingerprint density at radius 2 is 2.05 bits per heavy atom. The van der Waals surface area contributed by atoms with E-state index in [1.54, 1.807) is 7.11 Å². The van der Waals surface area contributed by atoms with Crippen molar-refractivity contribution in [2.45, 2.75) is 45.6 Å². The Labute approximate surface area is 129 Å². The van der Waals surface area contributed by atoms with Crippen molar-refractivity contribution in [3.05, 3.63) is 22.2 Å². The minimum absolute atomic E-state index is 0.164. The maximum Gasteiger partial charge on any atom is 0.172 e. The van der Waals surface area contributed by atoms with Crippen LogP contribution in [0.1, 0.15) is 44.6 Å². The second kappa shape index (κ2) is 6.81. The van der Waals surface area contributed by atoms with Gasteiger partial charge in [0.25, 0.3) is 0 Å². The number of ether oxygens (including phenoxy) is 1. The lowest BCUT2D eigenvalue weighted by molar-refractivity contribution is 0.268. The molecule has 2 N–H and O–H groups in total. The predicted molar refractivity (Wildman–Crippen MR) is 85.3 cm³/mol. The molecule has 0 saturated heterocycles. The molecule has 112 valence electrons. The summed E-state index contributed by atoms with van der Waals surface area (Å²) >= 11 is 3.36. The fourth-order valence-electron chi connectivity index (χ4n) is 3.14. The Balaban J connectivity index is 1.95. The zero-order chi connectivity index (χ0) is 14.6. The lowest BCUT2D eigenvalue weighted by atomic mass is 9.83. The van der Waals surface area contributed by atoms with E-state index in [1.165, 1.54) is 32.1 Å². The first-order chi connectivity index (χ1) is 9.60. The van der Waals surface area contributed by atoms with Crippen molar-refractivity contribution in [2.75, 3.05) is 13.7 Å². The van der Waals surface area contributed by atoms with Crippen molar-refractivity contribution < 1.29 is 9.84 Å². The molecule has 0 heterocycles. The Morgan fingerprint density at radius 1 is 1.35 bits per heavy atom. The highest BCUT2D eigenvalue weighted by Crippen LogP contribution is 2.40. The predicted octanol–water partition coefficient (Wildman–Crippen LogP) is 4.22. The first-order valence-corrected chi connectivity index (χ1v) is 8.15. The first-order valence-electron chi connectivity index (χ1n) is 7.36. The van der Waals surface area contributed by atoms with Crippen molar-refractivity contribution in [3.63, 3.8) is 0 Å². The monoisotopic (exact) mass is 341 g/mol. The standard InChI is InChI=1S/C16H24BrNO2/c1-3-16(6-4-5-7-16)11-18-10-12-8-13(17)15(19)14(9-12)20-2/h8-9,18-19H,3-7,10-11H2,1-2H3. The molecule has 0 atom stereocenters. The molecule has 0 amide bonds. The van der Waals surface area contributed by atoms with E-state index in [2.05, 4.69) is 28.2 Å². The normalized spacial score (nSPS) is 17.4. The summed E-state index contributed by atoms with van der Waals surface area (Å²) < 4.78 is 5.86. The van der Waals surface area contributed by atoms with Gasteiger partial charge in [0.05, 0.1) is 11.6 Å². The highest BCUT2D eigenvalue weighted by atomic mass is 79.9. The van der Waals surface area contributed by atoms with E-state index in [9.17, 15) is 5.11 Å². The van der Waals surface area contributed by atoms with Crippen LogP contribution in [0.15, 0.2) is 16.6 Å². The molecule has 0 spiro atoms. The summed E-state index contributed by atoms with van der Waals surface area (Å²) in [5.74, 6) is 0.680. The second-order valence-corrected chi connectivity index (χ2v) is 6.65. The van der Waals surface area contributed by atoms with Crippen LogP contribution in [0.5, 0.6) is 11.5 Å². The van der Waals surface area contributed by atoms with Crippen LogP contribution in [-0.4, -0.2) is 18.8 Å². The molecule has 0 unspecified atom stereocenters. The topological polar surface area (TPSA) is 41.5 Å². The largest absolute Gasteiger partial charge is 0.503 e. The minimum Gasteiger partial charge on any atom is -0.503 e. The van der Waals surface area contributed by atoms with Crippen molar-refractivity contribution in [1.29, 1.82) is 0 Å². The number of rotatable bonds is 6.